The average molecular weight is 294 g/mol. The normalized spacial score (nSPS) is 17.9. The van der Waals surface area contributed by atoms with Crippen molar-refractivity contribution in [1.82, 2.24) is 4.90 Å². The lowest BCUT2D eigenvalue weighted by Gasteiger charge is -2.38. The minimum Gasteiger partial charge on any atom is -0.393 e. The molecule has 1 aliphatic rings. The minimum atomic E-state index is -0.469. The first-order valence-electron chi connectivity index (χ1n) is 6.69. The largest absolute Gasteiger partial charge is 0.393 e. The van der Waals surface area contributed by atoms with E-state index in [1.54, 1.807) is 17.0 Å². The van der Waals surface area contributed by atoms with Gasteiger partial charge < -0.3 is 10.6 Å². The molecule has 0 aliphatic carbocycles. The third-order valence-corrected chi connectivity index (χ3v) is 4.59. The van der Waals surface area contributed by atoms with Crippen LogP contribution in [-0.4, -0.2) is 28.9 Å². The summed E-state index contributed by atoms with van der Waals surface area (Å²) in [5, 5.41) is 0. The van der Waals surface area contributed by atoms with E-state index in [0.717, 1.165) is 18.4 Å². The lowest BCUT2D eigenvalue weighted by Crippen LogP contribution is -2.46. The Labute approximate surface area is 123 Å². The van der Waals surface area contributed by atoms with Crippen LogP contribution in [0.3, 0.4) is 0 Å². The van der Waals surface area contributed by atoms with E-state index in [-0.39, 0.29) is 16.9 Å². The van der Waals surface area contributed by atoms with Gasteiger partial charge in [-0.25, -0.2) is 4.39 Å². The Kier molecular flexibility index (Phi) is 4.09. The molecule has 1 fully saturated rings. The third-order valence-electron chi connectivity index (χ3n) is 4.10. The molecule has 0 unspecified atom stereocenters. The SMILES string of the molecule is Cc1ccc(F)c(C(=O)N2CCC(C)(C(N)=S)CC2)c1. The minimum absolute atomic E-state index is 0.143. The van der Waals surface area contributed by atoms with Gasteiger partial charge in [0, 0.05) is 18.5 Å². The van der Waals surface area contributed by atoms with Crippen LogP contribution < -0.4 is 5.73 Å². The molecule has 2 rings (SSSR count). The van der Waals surface area contributed by atoms with Gasteiger partial charge in [-0.3, -0.25) is 4.79 Å². The second kappa shape index (κ2) is 5.48. The van der Waals surface area contributed by atoms with Gasteiger partial charge in [0.2, 0.25) is 0 Å². The Bertz CT molecular complexity index is 551. The first-order chi connectivity index (χ1) is 9.33. The van der Waals surface area contributed by atoms with Crippen molar-refractivity contribution >= 4 is 23.1 Å². The van der Waals surface area contributed by atoms with Gasteiger partial charge >= 0.3 is 0 Å². The van der Waals surface area contributed by atoms with Gasteiger partial charge in [-0.2, -0.15) is 0 Å². The van der Waals surface area contributed by atoms with Crippen molar-refractivity contribution in [3.05, 3.63) is 35.1 Å². The zero-order chi connectivity index (χ0) is 14.9. The molecule has 5 heteroatoms. The van der Waals surface area contributed by atoms with Gasteiger partial charge in [0.05, 0.1) is 10.6 Å². The van der Waals surface area contributed by atoms with Crippen molar-refractivity contribution in [1.29, 1.82) is 0 Å². The zero-order valence-electron chi connectivity index (χ0n) is 11.8. The van der Waals surface area contributed by atoms with Crippen LogP contribution in [0.1, 0.15) is 35.7 Å². The summed E-state index contributed by atoms with van der Waals surface area (Å²) in [5.74, 6) is -0.723. The van der Waals surface area contributed by atoms with Crippen molar-refractivity contribution < 1.29 is 9.18 Å². The number of carbonyl (C=O) groups is 1. The lowest BCUT2D eigenvalue weighted by molar-refractivity contribution is 0.0665. The number of hydrogen-bond acceptors (Lipinski definition) is 2. The second-order valence-corrected chi connectivity index (χ2v) is 6.14. The Morgan fingerprint density at radius 2 is 2.00 bits per heavy atom. The molecule has 1 aromatic rings. The number of amides is 1. The van der Waals surface area contributed by atoms with Crippen molar-refractivity contribution in [3.8, 4) is 0 Å². The number of aryl methyl sites for hydroxylation is 1. The molecule has 0 saturated carbocycles. The van der Waals surface area contributed by atoms with E-state index in [0.29, 0.717) is 18.1 Å². The van der Waals surface area contributed by atoms with Crippen molar-refractivity contribution in [2.75, 3.05) is 13.1 Å². The van der Waals surface area contributed by atoms with Gasteiger partial charge in [0.25, 0.3) is 5.91 Å². The molecule has 2 N–H and O–H groups in total. The van der Waals surface area contributed by atoms with Gasteiger partial charge in [0.1, 0.15) is 5.82 Å². The predicted octanol–water partition coefficient (Wildman–Crippen LogP) is 2.66. The molecule has 1 amide bonds. The van der Waals surface area contributed by atoms with Gasteiger partial charge in [-0.05, 0) is 31.9 Å². The highest BCUT2D eigenvalue weighted by Gasteiger charge is 2.34. The van der Waals surface area contributed by atoms with Crippen molar-refractivity contribution in [2.45, 2.75) is 26.7 Å². The molecule has 20 heavy (non-hydrogen) atoms. The highest BCUT2D eigenvalue weighted by molar-refractivity contribution is 7.80. The van der Waals surface area contributed by atoms with Gasteiger partial charge in [0.15, 0.2) is 0 Å². The van der Waals surface area contributed by atoms with E-state index in [9.17, 15) is 9.18 Å². The number of benzene rings is 1. The molecule has 1 aliphatic heterocycles. The topological polar surface area (TPSA) is 46.3 Å². The summed E-state index contributed by atoms with van der Waals surface area (Å²) >= 11 is 5.08. The second-order valence-electron chi connectivity index (χ2n) is 5.70. The van der Waals surface area contributed by atoms with E-state index in [4.69, 9.17) is 18.0 Å². The molecule has 0 spiro atoms. The fourth-order valence-electron chi connectivity index (χ4n) is 2.42. The Morgan fingerprint density at radius 1 is 1.40 bits per heavy atom. The lowest BCUT2D eigenvalue weighted by atomic mass is 9.80. The Morgan fingerprint density at radius 3 is 2.55 bits per heavy atom. The first-order valence-corrected chi connectivity index (χ1v) is 7.10. The van der Waals surface area contributed by atoms with E-state index in [1.807, 2.05) is 13.8 Å². The van der Waals surface area contributed by atoms with Crippen LogP contribution in [0.15, 0.2) is 18.2 Å². The highest BCUT2D eigenvalue weighted by Crippen LogP contribution is 2.31. The number of halogens is 1. The number of hydrogen-bond donors (Lipinski definition) is 1. The molecule has 0 radical (unpaired) electrons. The molecule has 0 atom stereocenters. The number of nitrogens with zero attached hydrogens (tertiary/aromatic N) is 1. The number of rotatable bonds is 2. The molecule has 0 bridgehead atoms. The molecular weight excluding hydrogens is 275 g/mol. The van der Waals surface area contributed by atoms with E-state index < -0.39 is 5.82 Å². The number of likely N-dealkylation sites (tertiary alicyclic amines) is 1. The van der Waals surface area contributed by atoms with E-state index in [2.05, 4.69) is 0 Å². The van der Waals surface area contributed by atoms with Crippen LogP contribution in [0.4, 0.5) is 4.39 Å². The molecule has 1 saturated heterocycles. The third kappa shape index (κ3) is 2.82. The van der Waals surface area contributed by atoms with Crippen LogP contribution in [0.2, 0.25) is 0 Å². The number of carbonyl (C=O) groups excluding carboxylic acids is 1. The summed E-state index contributed by atoms with van der Waals surface area (Å²) in [6.45, 7) is 4.97. The van der Waals surface area contributed by atoms with Crippen LogP contribution >= 0.6 is 12.2 Å². The molecule has 3 nitrogen and oxygen atoms in total. The van der Waals surface area contributed by atoms with Gasteiger partial charge in [-0.15, -0.1) is 0 Å². The van der Waals surface area contributed by atoms with Crippen LogP contribution in [-0.2, 0) is 0 Å². The predicted molar refractivity (Wildman–Crippen MR) is 81.2 cm³/mol. The Hall–Kier alpha value is -1.49. The monoisotopic (exact) mass is 294 g/mol. The smallest absolute Gasteiger partial charge is 0.256 e. The van der Waals surface area contributed by atoms with Crippen molar-refractivity contribution in [2.24, 2.45) is 11.1 Å². The van der Waals surface area contributed by atoms with Crippen LogP contribution in [0.5, 0.6) is 0 Å². The van der Waals surface area contributed by atoms with Crippen LogP contribution in [0, 0.1) is 18.2 Å². The molecule has 1 heterocycles. The standard InChI is InChI=1S/C15H19FN2OS/c1-10-3-4-12(16)11(9-10)13(19)18-7-5-15(2,6-8-18)14(17)20/h3-4,9H,5-8H2,1-2H3,(H2,17,20). The number of thiocarbonyl (C=S) groups is 1. The summed E-state index contributed by atoms with van der Waals surface area (Å²) in [5.41, 5.74) is 6.57. The molecule has 108 valence electrons. The first kappa shape index (κ1) is 14.9. The maximum Gasteiger partial charge on any atom is 0.256 e. The number of piperidine rings is 1. The Balaban J connectivity index is 2.13. The molecule has 1 aromatic carbocycles. The fraction of sp³-hybridized carbons (Fsp3) is 0.467. The molecule has 0 aromatic heterocycles. The summed E-state index contributed by atoms with van der Waals surface area (Å²) in [6, 6.07) is 4.59. The summed E-state index contributed by atoms with van der Waals surface area (Å²) in [6.07, 6.45) is 1.45. The maximum absolute atomic E-state index is 13.8. The zero-order valence-corrected chi connectivity index (χ0v) is 12.6. The summed E-state index contributed by atoms with van der Waals surface area (Å²) < 4.78 is 13.8. The van der Waals surface area contributed by atoms with E-state index >= 15 is 0 Å². The summed E-state index contributed by atoms with van der Waals surface area (Å²) in [7, 11) is 0. The van der Waals surface area contributed by atoms with E-state index in [1.165, 1.54) is 6.07 Å². The quantitative estimate of drug-likeness (QED) is 0.853. The fourth-order valence-corrected chi connectivity index (χ4v) is 2.63. The highest BCUT2D eigenvalue weighted by atomic mass is 32.1. The average Bonchev–Trinajstić information content (AvgIpc) is 2.41. The number of nitrogens with two attached hydrogens (primary N) is 1. The van der Waals surface area contributed by atoms with Gasteiger partial charge in [-0.1, -0.05) is 30.8 Å². The summed E-state index contributed by atoms with van der Waals surface area (Å²) in [4.78, 5) is 14.5. The van der Waals surface area contributed by atoms with Crippen LogP contribution in [0.25, 0.3) is 0 Å². The maximum atomic E-state index is 13.8. The van der Waals surface area contributed by atoms with Crippen molar-refractivity contribution in [3.63, 3.8) is 0 Å². The molecular formula is C15H19FN2OS.